The number of hydrogen-bond donors (Lipinski definition) is 0. The fourth-order valence-electron chi connectivity index (χ4n) is 1.08. The highest BCUT2D eigenvalue weighted by Crippen LogP contribution is 2.24. The minimum Gasteiger partial charge on any atom is -0.308 e. The van der Waals surface area contributed by atoms with Crippen LogP contribution < -0.4 is 4.89 Å². The van der Waals surface area contributed by atoms with Gasteiger partial charge >= 0.3 is 0 Å². The molecule has 0 aliphatic carbocycles. The molecule has 0 aromatic heterocycles. The quantitative estimate of drug-likeness (QED) is 0.549. The molecular formula is C11H16O3. The van der Waals surface area contributed by atoms with Gasteiger partial charge in [0.25, 0.3) is 0 Å². The summed E-state index contributed by atoms with van der Waals surface area (Å²) in [6, 6.07) is 7.71. The van der Waals surface area contributed by atoms with Crippen LogP contribution in [0.4, 0.5) is 0 Å². The summed E-state index contributed by atoms with van der Waals surface area (Å²) in [5, 5.41) is 4.35. The van der Waals surface area contributed by atoms with Gasteiger partial charge in [-0.3, -0.25) is 0 Å². The maximum Gasteiger partial charge on any atom is 0.168 e. The van der Waals surface area contributed by atoms with Crippen molar-refractivity contribution in [1.29, 1.82) is 0 Å². The van der Waals surface area contributed by atoms with Crippen LogP contribution in [0.3, 0.4) is 0 Å². The second kappa shape index (κ2) is 4.44. The second-order valence-corrected chi connectivity index (χ2v) is 4.09. The molecule has 0 atom stereocenters. The lowest BCUT2D eigenvalue weighted by molar-refractivity contribution is -0.453. The average Bonchev–Trinajstić information content (AvgIpc) is 2.14. The van der Waals surface area contributed by atoms with Crippen LogP contribution in [-0.4, -0.2) is 7.11 Å². The maximum absolute atomic E-state index is 4.80. The van der Waals surface area contributed by atoms with Crippen molar-refractivity contribution in [2.75, 3.05) is 7.11 Å². The Morgan fingerprint density at radius 3 is 2.00 bits per heavy atom. The van der Waals surface area contributed by atoms with E-state index in [0.29, 0.717) is 5.75 Å². The second-order valence-electron chi connectivity index (χ2n) is 4.09. The normalized spacial score (nSPS) is 11.4. The van der Waals surface area contributed by atoms with Crippen molar-refractivity contribution in [3.63, 3.8) is 0 Å². The van der Waals surface area contributed by atoms with E-state index in [1.54, 1.807) is 0 Å². The number of rotatable bonds is 3. The van der Waals surface area contributed by atoms with Crippen molar-refractivity contribution in [3.8, 4) is 5.75 Å². The molecule has 0 fully saturated rings. The minimum atomic E-state index is 0.153. The Morgan fingerprint density at radius 2 is 1.57 bits per heavy atom. The number of hydrogen-bond acceptors (Lipinski definition) is 3. The molecule has 0 aliphatic heterocycles. The van der Waals surface area contributed by atoms with Crippen molar-refractivity contribution in [2.24, 2.45) is 0 Å². The molecule has 1 aromatic carbocycles. The summed E-state index contributed by atoms with van der Waals surface area (Å²) in [4.78, 5) is 9.12. The largest absolute Gasteiger partial charge is 0.308 e. The first-order valence-corrected chi connectivity index (χ1v) is 4.52. The van der Waals surface area contributed by atoms with E-state index in [1.807, 2.05) is 24.3 Å². The summed E-state index contributed by atoms with van der Waals surface area (Å²) in [7, 11) is 1.39. The highest BCUT2D eigenvalue weighted by molar-refractivity contribution is 5.30. The van der Waals surface area contributed by atoms with E-state index in [9.17, 15) is 0 Å². The van der Waals surface area contributed by atoms with Crippen LogP contribution >= 0.6 is 0 Å². The first kappa shape index (κ1) is 11.0. The first-order chi connectivity index (χ1) is 6.54. The van der Waals surface area contributed by atoms with Crippen molar-refractivity contribution >= 4 is 0 Å². The van der Waals surface area contributed by atoms with Gasteiger partial charge in [0.05, 0.1) is 7.11 Å². The Hall–Kier alpha value is -1.06. The van der Waals surface area contributed by atoms with Crippen LogP contribution in [0.5, 0.6) is 5.75 Å². The van der Waals surface area contributed by atoms with Gasteiger partial charge in [0.2, 0.25) is 0 Å². The summed E-state index contributed by atoms with van der Waals surface area (Å²) >= 11 is 0. The Kier molecular flexibility index (Phi) is 3.49. The molecule has 0 spiro atoms. The molecule has 0 saturated carbocycles. The Morgan fingerprint density at radius 1 is 1.00 bits per heavy atom. The molecule has 3 heteroatoms. The molecule has 0 heterocycles. The van der Waals surface area contributed by atoms with E-state index in [2.05, 4.69) is 30.7 Å². The van der Waals surface area contributed by atoms with Crippen molar-refractivity contribution in [2.45, 2.75) is 26.2 Å². The fourth-order valence-corrected chi connectivity index (χ4v) is 1.08. The lowest BCUT2D eigenvalue weighted by atomic mass is 9.87. The molecule has 0 radical (unpaired) electrons. The maximum atomic E-state index is 4.80. The topological polar surface area (TPSA) is 27.7 Å². The summed E-state index contributed by atoms with van der Waals surface area (Å²) < 4.78 is 0. The van der Waals surface area contributed by atoms with E-state index in [-0.39, 0.29) is 5.41 Å². The van der Waals surface area contributed by atoms with Gasteiger partial charge in [-0.25, -0.2) is 0 Å². The molecule has 0 N–H and O–H groups in total. The molecule has 3 nitrogen and oxygen atoms in total. The van der Waals surface area contributed by atoms with Crippen LogP contribution in [0.1, 0.15) is 26.3 Å². The van der Waals surface area contributed by atoms with Gasteiger partial charge in [-0.15, -0.1) is 0 Å². The molecule has 14 heavy (non-hydrogen) atoms. The fraction of sp³-hybridized carbons (Fsp3) is 0.455. The van der Waals surface area contributed by atoms with Gasteiger partial charge < -0.3 is 4.89 Å². The first-order valence-electron chi connectivity index (χ1n) is 4.52. The molecule has 0 unspecified atom stereocenters. The Balaban J connectivity index is 2.69. The zero-order valence-corrected chi connectivity index (χ0v) is 9.03. The highest BCUT2D eigenvalue weighted by atomic mass is 17.5. The molecular weight excluding hydrogens is 180 g/mol. The third-order valence-electron chi connectivity index (χ3n) is 1.92. The zero-order chi connectivity index (χ0) is 10.6. The lowest BCUT2D eigenvalue weighted by Crippen LogP contribution is -2.10. The molecule has 0 aliphatic rings. The standard InChI is InChI=1S/C11H16O3/c1-11(2,3)9-5-7-10(8-6-9)13-14-12-4/h5-8H,1-4H3. The summed E-state index contributed by atoms with van der Waals surface area (Å²) in [5.41, 5.74) is 1.41. The molecule has 78 valence electrons. The number of benzene rings is 1. The van der Waals surface area contributed by atoms with Gasteiger partial charge in [-0.2, -0.15) is 4.89 Å². The van der Waals surface area contributed by atoms with E-state index >= 15 is 0 Å². The van der Waals surface area contributed by atoms with Crippen LogP contribution in [0, 0.1) is 0 Å². The molecule has 0 amide bonds. The summed E-state index contributed by atoms with van der Waals surface area (Å²) in [5.74, 6) is 0.625. The molecule has 0 bridgehead atoms. The summed E-state index contributed by atoms with van der Waals surface area (Å²) in [6.45, 7) is 6.48. The molecule has 1 rings (SSSR count). The van der Waals surface area contributed by atoms with Gasteiger partial charge in [-0.1, -0.05) is 32.9 Å². The van der Waals surface area contributed by atoms with Crippen LogP contribution in [-0.2, 0) is 15.3 Å². The van der Waals surface area contributed by atoms with Gasteiger partial charge in [0.1, 0.15) is 0 Å². The SMILES string of the molecule is COOOc1ccc(C(C)(C)C)cc1. The molecule has 0 saturated heterocycles. The van der Waals surface area contributed by atoms with E-state index in [0.717, 1.165) is 0 Å². The third kappa shape index (κ3) is 3.01. The van der Waals surface area contributed by atoms with E-state index in [4.69, 9.17) is 4.89 Å². The predicted octanol–water partition coefficient (Wildman–Crippen LogP) is 2.86. The minimum absolute atomic E-state index is 0.153. The Bertz CT molecular complexity index is 272. The van der Waals surface area contributed by atoms with Crippen LogP contribution in [0.2, 0.25) is 0 Å². The molecule has 1 aromatic rings. The highest BCUT2D eigenvalue weighted by Gasteiger charge is 2.12. The average molecular weight is 196 g/mol. The van der Waals surface area contributed by atoms with Crippen molar-refractivity contribution in [1.82, 2.24) is 0 Å². The lowest BCUT2D eigenvalue weighted by Gasteiger charge is -2.18. The van der Waals surface area contributed by atoms with E-state index < -0.39 is 0 Å². The van der Waals surface area contributed by atoms with Gasteiger partial charge in [0, 0.05) is 0 Å². The van der Waals surface area contributed by atoms with Crippen LogP contribution in [0.15, 0.2) is 24.3 Å². The smallest absolute Gasteiger partial charge is 0.168 e. The van der Waals surface area contributed by atoms with Crippen molar-refractivity contribution in [3.05, 3.63) is 29.8 Å². The zero-order valence-electron chi connectivity index (χ0n) is 9.03. The van der Waals surface area contributed by atoms with Gasteiger partial charge in [-0.05, 0) is 28.1 Å². The Labute approximate surface area is 84.5 Å². The van der Waals surface area contributed by atoms with Crippen molar-refractivity contribution < 1.29 is 14.8 Å². The predicted molar refractivity (Wildman–Crippen MR) is 53.9 cm³/mol. The van der Waals surface area contributed by atoms with Gasteiger partial charge in [0.15, 0.2) is 5.75 Å². The monoisotopic (exact) mass is 196 g/mol. The summed E-state index contributed by atoms with van der Waals surface area (Å²) in [6.07, 6.45) is 0. The van der Waals surface area contributed by atoms with E-state index in [1.165, 1.54) is 12.7 Å². The third-order valence-corrected chi connectivity index (χ3v) is 1.92. The van der Waals surface area contributed by atoms with Crippen LogP contribution in [0.25, 0.3) is 0 Å².